The number of alkyl halides is 6. The number of urea groups is 1. The monoisotopic (exact) mass is 559 g/mol. The zero-order valence-electron chi connectivity index (χ0n) is 22.0. The van der Waals surface area contributed by atoms with E-state index in [0.717, 1.165) is 4.90 Å². The fraction of sp³-hybridized carbons (Fsp3) is 0.481. The summed E-state index contributed by atoms with van der Waals surface area (Å²) < 4.78 is 85.2. The van der Waals surface area contributed by atoms with Gasteiger partial charge in [-0.15, -0.1) is 0 Å². The first kappa shape index (κ1) is 30.1. The summed E-state index contributed by atoms with van der Waals surface area (Å²) in [7, 11) is 1.31. The molecule has 1 fully saturated rings. The van der Waals surface area contributed by atoms with Crippen LogP contribution in [0.1, 0.15) is 61.9 Å². The lowest BCUT2D eigenvalue weighted by molar-refractivity contribution is -0.143. The Balaban J connectivity index is 1.90. The van der Waals surface area contributed by atoms with Crippen LogP contribution in [-0.4, -0.2) is 47.2 Å². The Bertz CT molecular complexity index is 1130. The second-order valence-corrected chi connectivity index (χ2v) is 10.5. The van der Waals surface area contributed by atoms with Crippen molar-refractivity contribution in [3.8, 4) is 0 Å². The van der Waals surface area contributed by atoms with Gasteiger partial charge in [0.2, 0.25) is 0 Å². The molecular weight excluding hydrogens is 528 g/mol. The molecule has 0 aliphatic carbocycles. The van der Waals surface area contributed by atoms with Crippen LogP contribution in [0.4, 0.5) is 35.9 Å². The van der Waals surface area contributed by atoms with Crippen molar-refractivity contribution in [2.24, 2.45) is 0 Å². The Morgan fingerprint density at radius 1 is 0.974 bits per heavy atom. The van der Waals surface area contributed by atoms with Crippen molar-refractivity contribution in [3.63, 3.8) is 0 Å². The van der Waals surface area contributed by atoms with Gasteiger partial charge in [-0.2, -0.15) is 26.3 Å². The van der Waals surface area contributed by atoms with Crippen molar-refractivity contribution in [1.29, 1.82) is 0 Å². The molecule has 0 saturated carbocycles. The Kier molecular flexibility index (Phi) is 8.76. The number of halogens is 6. The highest BCUT2D eigenvalue weighted by atomic mass is 19.4. The number of nitrogens with zero attached hydrogens (tertiary/aromatic N) is 2. The first-order valence-electron chi connectivity index (χ1n) is 12.3. The molecule has 0 aromatic heterocycles. The SMILES string of the molecule is CN(Cc1cc(C(F)(F)F)cc(C(F)(F)F)c1)C(=O)N1CCCC(NC(=O)OC(C)(C)C)C1c1ccccc1. The number of likely N-dealkylation sites (tertiary alicyclic amines) is 1. The third kappa shape index (κ3) is 8.03. The predicted molar refractivity (Wildman–Crippen MR) is 132 cm³/mol. The first-order valence-corrected chi connectivity index (χ1v) is 12.3. The molecule has 214 valence electrons. The molecule has 1 aliphatic heterocycles. The molecule has 1 heterocycles. The zero-order valence-corrected chi connectivity index (χ0v) is 22.0. The van der Waals surface area contributed by atoms with Crippen LogP contribution in [0.25, 0.3) is 0 Å². The van der Waals surface area contributed by atoms with Gasteiger partial charge in [-0.3, -0.25) is 0 Å². The summed E-state index contributed by atoms with van der Waals surface area (Å²) in [5.74, 6) is 0. The third-order valence-electron chi connectivity index (χ3n) is 6.11. The number of hydrogen-bond acceptors (Lipinski definition) is 3. The predicted octanol–water partition coefficient (Wildman–Crippen LogP) is 7.01. The lowest BCUT2D eigenvalue weighted by atomic mass is 9.90. The van der Waals surface area contributed by atoms with Gasteiger partial charge in [0.15, 0.2) is 0 Å². The highest BCUT2D eigenvalue weighted by molar-refractivity contribution is 5.75. The fourth-order valence-corrected chi connectivity index (χ4v) is 4.55. The molecule has 39 heavy (non-hydrogen) atoms. The minimum absolute atomic E-state index is 0.0499. The highest BCUT2D eigenvalue weighted by Crippen LogP contribution is 2.37. The Labute approximate surface area is 222 Å². The number of hydrogen-bond donors (Lipinski definition) is 1. The molecular formula is C27H31F6N3O3. The number of alkyl carbamates (subject to hydrolysis) is 1. The number of carbonyl (C=O) groups is 2. The van der Waals surface area contributed by atoms with Crippen molar-refractivity contribution in [1.82, 2.24) is 15.1 Å². The molecule has 2 aromatic rings. The second kappa shape index (κ2) is 11.4. The van der Waals surface area contributed by atoms with E-state index in [-0.39, 0.29) is 18.2 Å². The molecule has 0 bridgehead atoms. The fourth-order valence-electron chi connectivity index (χ4n) is 4.55. The van der Waals surface area contributed by atoms with Gasteiger partial charge in [-0.1, -0.05) is 30.3 Å². The number of benzene rings is 2. The normalized spacial score (nSPS) is 18.5. The van der Waals surface area contributed by atoms with Gasteiger partial charge in [-0.05, 0) is 62.9 Å². The molecule has 12 heteroatoms. The summed E-state index contributed by atoms with van der Waals surface area (Å²) in [6.45, 7) is 4.92. The van der Waals surface area contributed by atoms with Crippen LogP contribution in [0, 0.1) is 0 Å². The van der Waals surface area contributed by atoms with Crippen LogP contribution in [-0.2, 0) is 23.6 Å². The van der Waals surface area contributed by atoms with E-state index in [1.165, 1.54) is 11.9 Å². The van der Waals surface area contributed by atoms with Crippen molar-refractivity contribution < 1.29 is 40.7 Å². The van der Waals surface area contributed by atoms with Gasteiger partial charge in [0.05, 0.1) is 23.2 Å². The molecule has 3 amide bonds. The third-order valence-corrected chi connectivity index (χ3v) is 6.11. The molecule has 1 N–H and O–H groups in total. The van der Waals surface area contributed by atoms with Gasteiger partial charge >= 0.3 is 24.5 Å². The summed E-state index contributed by atoms with van der Waals surface area (Å²) in [5, 5.41) is 2.82. The Morgan fingerprint density at radius 2 is 1.54 bits per heavy atom. The minimum atomic E-state index is -5.00. The van der Waals surface area contributed by atoms with E-state index in [1.807, 2.05) is 0 Å². The average molecular weight is 560 g/mol. The van der Waals surface area contributed by atoms with Crippen LogP contribution in [0.3, 0.4) is 0 Å². The van der Waals surface area contributed by atoms with Gasteiger partial charge in [0.25, 0.3) is 0 Å². The van der Waals surface area contributed by atoms with Crippen molar-refractivity contribution >= 4 is 12.1 Å². The number of amides is 3. The van der Waals surface area contributed by atoms with E-state index in [2.05, 4.69) is 5.32 Å². The molecule has 6 nitrogen and oxygen atoms in total. The van der Waals surface area contributed by atoms with Gasteiger partial charge in [-0.25, -0.2) is 9.59 Å². The molecule has 1 aliphatic rings. The Hall–Kier alpha value is -3.44. The van der Waals surface area contributed by atoms with E-state index >= 15 is 0 Å². The topological polar surface area (TPSA) is 61.9 Å². The van der Waals surface area contributed by atoms with Crippen molar-refractivity contribution in [2.45, 2.75) is 70.2 Å². The first-order chi connectivity index (χ1) is 18.0. The maximum absolute atomic E-state index is 13.6. The molecule has 0 radical (unpaired) electrons. The largest absolute Gasteiger partial charge is 0.444 e. The van der Waals surface area contributed by atoms with Crippen LogP contribution in [0.15, 0.2) is 48.5 Å². The van der Waals surface area contributed by atoms with Crippen LogP contribution in [0.2, 0.25) is 0 Å². The van der Waals surface area contributed by atoms with E-state index < -0.39 is 59.8 Å². The zero-order chi connectivity index (χ0) is 29.2. The lowest BCUT2D eigenvalue weighted by Gasteiger charge is -2.43. The summed E-state index contributed by atoms with van der Waals surface area (Å²) in [6, 6.07) is 8.35. The number of nitrogens with one attached hydrogen (secondary N) is 1. The number of rotatable bonds is 4. The smallest absolute Gasteiger partial charge is 0.416 e. The number of piperidine rings is 1. The summed E-state index contributed by atoms with van der Waals surface area (Å²) in [4.78, 5) is 28.7. The molecule has 0 spiro atoms. The molecule has 2 aromatic carbocycles. The molecule has 3 rings (SSSR count). The van der Waals surface area contributed by atoms with Gasteiger partial charge in [0, 0.05) is 20.1 Å². The van der Waals surface area contributed by atoms with Crippen molar-refractivity contribution in [2.75, 3.05) is 13.6 Å². The maximum Gasteiger partial charge on any atom is 0.416 e. The maximum atomic E-state index is 13.6. The highest BCUT2D eigenvalue weighted by Gasteiger charge is 2.39. The summed E-state index contributed by atoms with van der Waals surface area (Å²) >= 11 is 0. The second-order valence-electron chi connectivity index (χ2n) is 10.5. The molecule has 1 saturated heterocycles. The Morgan fingerprint density at radius 3 is 2.05 bits per heavy atom. The van der Waals surface area contributed by atoms with Crippen molar-refractivity contribution in [3.05, 3.63) is 70.8 Å². The number of ether oxygens (including phenoxy) is 1. The lowest BCUT2D eigenvalue weighted by Crippen LogP contribution is -2.54. The van der Waals surface area contributed by atoms with E-state index in [0.29, 0.717) is 30.5 Å². The van der Waals surface area contributed by atoms with Crippen LogP contribution < -0.4 is 5.32 Å². The summed E-state index contributed by atoms with van der Waals surface area (Å²) in [5.41, 5.74) is -3.26. The number of carbonyl (C=O) groups excluding carboxylic acids is 2. The van der Waals surface area contributed by atoms with E-state index in [1.54, 1.807) is 51.1 Å². The molecule has 2 atom stereocenters. The van der Waals surface area contributed by atoms with Crippen LogP contribution in [0.5, 0.6) is 0 Å². The van der Waals surface area contributed by atoms with Gasteiger partial charge < -0.3 is 19.9 Å². The molecule has 2 unspecified atom stereocenters. The minimum Gasteiger partial charge on any atom is -0.444 e. The quantitative estimate of drug-likeness (QED) is 0.410. The standard InChI is InChI=1S/C27H31F6N3O3/c1-25(2,3)39-23(37)34-21-11-8-12-36(22(21)18-9-6-5-7-10-18)24(38)35(4)16-17-13-19(26(28,29)30)15-20(14-17)27(31,32)33/h5-7,9-10,13-15,21-22H,8,11-12,16H2,1-4H3,(H,34,37). The van der Waals surface area contributed by atoms with E-state index in [4.69, 9.17) is 4.74 Å². The van der Waals surface area contributed by atoms with Gasteiger partial charge in [0.1, 0.15) is 5.60 Å². The van der Waals surface area contributed by atoms with Crippen LogP contribution >= 0.6 is 0 Å². The average Bonchev–Trinajstić information content (AvgIpc) is 2.81. The summed E-state index contributed by atoms with van der Waals surface area (Å²) in [6.07, 6.45) is -9.63. The van der Waals surface area contributed by atoms with E-state index in [9.17, 15) is 35.9 Å².